The van der Waals surface area contributed by atoms with E-state index >= 15 is 0 Å². The van der Waals surface area contributed by atoms with Gasteiger partial charge in [0.25, 0.3) is 23.4 Å². The molecule has 5 rings (SSSR count). The van der Waals surface area contributed by atoms with Crippen LogP contribution in [0.3, 0.4) is 0 Å². The summed E-state index contributed by atoms with van der Waals surface area (Å²) in [6, 6.07) is 23.7. The van der Waals surface area contributed by atoms with Crippen LogP contribution in [-0.4, -0.2) is 40.6 Å². The van der Waals surface area contributed by atoms with E-state index in [1.807, 2.05) is 43.3 Å². The van der Waals surface area contributed by atoms with Crippen molar-refractivity contribution in [3.05, 3.63) is 117 Å². The van der Waals surface area contributed by atoms with E-state index < -0.39 is 4.92 Å². The second kappa shape index (κ2) is 9.66. The largest absolute Gasteiger partial charge is 0.308 e. The fourth-order valence-corrected chi connectivity index (χ4v) is 4.70. The number of hydrogen-bond donors (Lipinski definition) is 0. The quantitative estimate of drug-likeness (QED) is 0.195. The number of rotatable bonds is 7. The lowest BCUT2D eigenvalue weighted by molar-refractivity contribution is -0.384. The molecule has 0 aliphatic carbocycles. The van der Waals surface area contributed by atoms with Crippen molar-refractivity contribution in [2.45, 2.75) is 13.3 Å². The number of benzene rings is 4. The number of imide groups is 1. The van der Waals surface area contributed by atoms with Crippen molar-refractivity contribution in [3.63, 3.8) is 0 Å². The summed E-state index contributed by atoms with van der Waals surface area (Å²) in [7, 11) is 0. The molecule has 0 saturated heterocycles. The van der Waals surface area contributed by atoms with Crippen LogP contribution in [0.1, 0.15) is 43.1 Å². The van der Waals surface area contributed by atoms with E-state index in [-0.39, 0.29) is 36.5 Å². The Bertz CT molecular complexity index is 1510. The Morgan fingerprint density at radius 2 is 1.51 bits per heavy atom. The van der Waals surface area contributed by atoms with Gasteiger partial charge in [0.2, 0.25) is 0 Å². The molecule has 0 fully saturated rings. The number of aryl methyl sites for hydroxylation is 1. The van der Waals surface area contributed by atoms with Crippen LogP contribution in [0, 0.1) is 17.0 Å². The SMILES string of the molecule is Cc1cccc(N(CCCN2C(=O)c3cccc4cccc(c34)C2=O)C(=O)c2ccc([N+](=O)[O-])cc2)c1. The minimum Gasteiger partial charge on any atom is -0.308 e. The molecule has 1 aliphatic rings. The van der Waals surface area contributed by atoms with Crippen LogP contribution in [-0.2, 0) is 0 Å². The zero-order valence-corrected chi connectivity index (χ0v) is 20.1. The van der Waals surface area contributed by atoms with Gasteiger partial charge in [0.05, 0.1) is 4.92 Å². The summed E-state index contributed by atoms with van der Waals surface area (Å²) in [4.78, 5) is 53.2. The molecule has 0 N–H and O–H groups in total. The van der Waals surface area contributed by atoms with Gasteiger partial charge in [0.1, 0.15) is 0 Å². The smallest absolute Gasteiger partial charge is 0.269 e. The molecule has 0 unspecified atom stereocenters. The predicted molar refractivity (Wildman–Crippen MR) is 140 cm³/mol. The third kappa shape index (κ3) is 4.45. The highest BCUT2D eigenvalue weighted by Crippen LogP contribution is 2.30. The maximum absolute atomic E-state index is 13.4. The normalized spacial score (nSPS) is 12.6. The maximum atomic E-state index is 13.4. The van der Waals surface area contributed by atoms with Gasteiger partial charge in [-0.2, -0.15) is 0 Å². The number of amides is 3. The summed E-state index contributed by atoms with van der Waals surface area (Å²) < 4.78 is 0. The van der Waals surface area contributed by atoms with E-state index in [0.29, 0.717) is 34.2 Å². The van der Waals surface area contributed by atoms with E-state index in [1.54, 1.807) is 29.2 Å². The van der Waals surface area contributed by atoms with Gasteiger partial charge in [-0.15, -0.1) is 0 Å². The van der Waals surface area contributed by atoms with Crippen LogP contribution < -0.4 is 4.90 Å². The monoisotopic (exact) mass is 493 g/mol. The highest BCUT2D eigenvalue weighted by atomic mass is 16.6. The van der Waals surface area contributed by atoms with Crippen molar-refractivity contribution < 1.29 is 19.3 Å². The fourth-order valence-electron chi connectivity index (χ4n) is 4.70. The van der Waals surface area contributed by atoms with Gasteiger partial charge < -0.3 is 4.90 Å². The van der Waals surface area contributed by atoms with Crippen molar-refractivity contribution in [1.29, 1.82) is 0 Å². The highest BCUT2D eigenvalue weighted by molar-refractivity contribution is 6.25. The summed E-state index contributed by atoms with van der Waals surface area (Å²) in [6.45, 7) is 2.29. The predicted octanol–water partition coefficient (Wildman–Crippen LogP) is 5.39. The van der Waals surface area contributed by atoms with Crippen LogP contribution in [0.4, 0.5) is 11.4 Å². The Labute approximate surface area is 212 Å². The van der Waals surface area contributed by atoms with Gasteiger partial charge in [-0.1, -0.05) is 36.4 Å². The summed E-state index contributed by atoms with van der Waals surface area (Å²) in [5.74, 6) is -1.02. The standard InChI is InChI=1S/C29H23N3O5/c1-19-6-2-9-23(18-19)30(27(33)21-12-14-22(15-13-21)32(36)37)16-5-17-31-28(34)24-10-3-7-20-8-4-11-25(26(20)24)29(31)35/h2-4,6-15,18H,5,16-17H2,1H3. The molecule has 0 radical (unpaired) electrons. The van der Waals surface area contributed by atoms with E-state index in [1.165, 1.54) is 29.2 Å². The van der Waals surface area contributed by atoms with Gasteiger partial charge in [-0.05, 0) is 60.7 Å². The minimum atomic E-state index is -0.516. The first kappa shape index (κ1) is 23.9. The van der Waals surface area contributed by atoms with Crippen molar-refractivity contribution >= 4 is 39.9 Å². The van der Waals surface area contributed by atoms with E-state index in [9.17, 15) is 24.5 Å². The molecule has 184 valence electrons. The third-order valence-electron chi connectivity index (χ3n) is 6.50. The minimum absolute atomic E-state index is 0.101. The average Bonchev–Trinajstić information content (AvgIpc) is 2.91. The van der Waals surface area contributed by atoms with Gasteiger partial charge >= 0.3 is 0 Å². The Morgan fingerprint density at radius 1 is 0.892 bits per heavy atom. The average molecular weight is 494 g/mol. The van der Waals surface area contributed by atoms with E-state index in [2.05, 4.69) is 0 Å². The van der Waals surface area contributed by atoms with Crippen molar-refractivity contribution in [2.75, 3.05) is 18.0 Å². The Kier molecular flexibility index (Phi) is 6.23. The number of non-ortho nitro benzene ring substituents is 1. The number of nitrogens with zero attached hydrogens (tertiary/aromatic N) is 3. The van der Waals surface area contributed by atoms with E-state index in [4.69, 9.17) is 0 Å². The zero-order chi connectivity index (χ0) is 26.1. The number of carbonyl (C=O) groups excluding carboxylic acids is 3. The van der Waals surface area contributed by atoms with Gasteiger partial charge in [0.15, 0.2) is 0 Å². The lowest BCUT2D eigenvalue weighted by atomic mass is 9.94. The van der Waals surface area contributed by atoms with E-state index in [0.717, 1.165) is 10.9 Å². The first-order valence-electron chi connectivity index (χ1n) is 11.9. The zero-order valence-electron chi connectivity index (χ0n) is 20.1. The van der Waals surface area contributed by atoms with Crippen LogP contribution in [0.5, 0.6) is 0 Å². The van der Waals surface area contributed by atoms with Gasteiger partial charge in [0, 0.05) is 53.0 Å². The van der Waals surface area contributed by atoms with Crippen molar-refractivity contribution in [1.82, 2.24) is 4.90 Å². The van der Waals surface area contributed by atoms with Gasteiger partial charge in [-0.3, -0.25) is 29.4 Å². The lowest BCUT2D eigenvalue weighted by Gasteiger charge is -2.29. The fraction of sp³-hybridized carbons (Fsp3) is 0.138. The molecule has 0 bridgehead atoms. The first-order valence-corrected chi connectivity index (χ1v) is 11.9. The molecule has 0 atom stereocenters. The third-order valence-corrected chi connectivity index (χ3v) is 6.50. The Morgan fingerprint density at radius 3 is 2.11 bits per heavy atom. The highest BCUT2D eigenvalue weighted by Gasteiger charge is 2.32. The molecule has 1 aliphatic heterocycles. The molecule has 0 spiro atoms. The van der Waals surface area contributed by atoms with Crippen molar-refractivity contribution in [2.24, 2.45) is 0 Å². The molecule has 37 heavy (non-hydrogen) atoms. The molecule has 4 aromatic carbocycles. The number of anilines is 1. The molecule has 3 amide bonds. The Hall–Kier alpha value is -4.85. The molecule has 0 saturated carbocycles. The second-order valence-electron chi connectivity index (χ2n) is 8.92. The van der Waals surface area contributed by atoms with Crippen LogP contribution in [0.25, 0.3) is 10.8 Å². The molecular formula is C29H23N3O5. The molecule has 1 heterocycles. The van der Waals surface area contributed by atoms with Crippen LogP contribution in [0.15, 0.2) is 84.9 Å². The van der Waals surface area contributed by atoms with Gasteiger partial charge in [-0.25, -0.2) is 0 Å². The maximum Gasteiger partial charge on any atom is 0.269 e. The molecule has 0 aromatic heterocycles. The summed E-state index contributed by atoms with van der Waals surface area (Å²) >= 11 is 0. The second-order valence-corrected chi connectivity index (χ2v) is 8.92. The topological polar surface area (TPSA) is 101 Å². The molecular weight excluding hydrogens is 470 g/mol. The summed E-state index contributed by atoms with van der Waals surface area (Å²) in [6.07, 6.45) is 0.349. The number of carbonyl (C=O) groups is 3. The molecule has 8 nitrogen and oxygen atoms in total. The van der Waals surface area contributed by atoms with Crippen molar-refractivity contribution in [3.8, 4) is 0 Å². The van der Waals surface area contributed by atoms with Crippen LogP contribution >= 0.6 is 0 Å². The first-order chi connectivity index (χ1) is 17.8. The molecule has 4 aromatic rings. The number of hydrogen-bond acceptors (Lipinski definition) is 5. The number of nitro benzene ring substituents is 1. The molecule has 8 heteroatoms. The number of nitro groups is 1. The Balaban J connectivity index is 1.38. The summed E-state index contributed by atoms with van der Waals surface area (Å²) in [5.41, 5.74) is 2.81. The van der Waals surface area contributed by atoms with Crippen LogP contribution in [0.2, 0.25) is 0 Å². The lowest BCUT2D eigenvalue weighted by Crippen LogP contribution is -2.42. The summed E-state index contributed by atoms with van der Waals surface area (Å²) in [5, 5.41) is 12.5.